The minimum Gasteiger partial charge on any atom is -0.496 e. The molecule has 0 fully saturated rings. The Morgan fingerprint density at radius 3 is 2.84 bits per heavy atom. The van der Waals surface area contributed by atoms with Gasteiger partial charge < -0.3 is 9.30 Å². The summed E-state index contributed by atoms with van der Waals surface area (Å²) >= 11 is 0. The van der Waals surface area contributed by atoms with Crippen molar-refractivity contribution in [3.8, 4) is 5.75 Å². The highest BCUT2D eigenvalue weighted by atomic mass is 16.5. The van der Waals surface area contributed by atoms with Gasteiger partial charge in [-0.1, -0.05) is 19.1 Å². The Hall–Kier alpha value is -2.03. The molecule has 100 valence electrons. The van der Waals surface area contributed by atoms with Crippen molar-refractivity contribution in [3.63, 3.8) is 0 Å². The van der Waals surface area contributed by atoms with E-state index in [9.17, 15) is 4.79 Å². The third-order valence-electron chi connectivity index (χ3n) is 3.35. The minimum absolute atomic E-state index is 0.726. The van der Waals surface area contributed by atoms with Crippen molar-refractivity contribution < 1.29 is 9.53 Å². The topological polar surface area (TPSA) is 31.2 Å². The summed E-state index contributed by atoms with van der Waals surface area (Å²) in [7, 11) is 1.70. The van der Waals surface area contributed by atoms with Gasteiger partial charge in [-0.15, -0.1) is 0 Å². The quantitative estimate of drug-likeness (QED) is 0.744. The standard InChI is InChI=1S/C16H19NO2/c1-3-14-11-13(6-7-16(14)19-2)8-10-17-9-4-5-15(17)12-18/h4-7,9,11-12H,3,8,10H2,1-2H3. The molecule has 0 radical (unpaired) electrons. The van der Waals surface area contributed by atoms with Crippen LogP contribution in [-0.2, 0) is 19.4 Å². The third-order valence-corrected chi connectivity index (χ3v) is 3.35. The van der Waals surface area contributed by atoms with Gasteiger partial charge in [0.1, 0.15) is 5.75 Å². The second-order valence-corrected chi connectivity index (χ2v) is 4.49. The number of carbonyl (C=O) groups is 1. The van der Waals surface area contributed by atoms with E-state index in [2.05, 4.69) is 19.1 Å². The van der Waals surface area contributed by atoms with Crippen LogP contribution in [-0.4, -0.2) is 18.0 Å². The molecule has 0 unspecified atom stereocenters. The van der Waals surface area contributed by atoms with Crippen LogP contribution in [0.4, 0.5) is 0 Å². The van der Waals surface area contributed by atoms with E-state index in [-0.39, 0.29) is 0 Å². The van der Waals surface area contributed by atoms with Crippen LogP contribution in [0, 0.1) is 0 Å². The molecular formula is C16H19NO2. The fourth-order valence-corrected chi connectivity index (χ4v) is 2.25. The SMILES string of the molecule is CCc1cc(CCn2cccc2C=O)ccc1OC. The highest BCUT2D eigenvalue weighted by Gasteiger charge is 2.04. The molecule has 0 N–H and O–H groups in total. The van der Waals surface area contributed by atoms with Gasteiger partial charge in [0.05, 0.1) is 12.8 Å². The van der Waals surface area contributed by atoms with Crippen molar-refractivity contribution in [1.29, 1.82) is 0 Å². The summed E-state index contributed by atoms with van der Waals surface area (Å²) in [6.07, 6.45) is 4.70. The Labute approximate surface area is 113 Å². The first-order chi connectivity index (χ1) is 9.28. The van der Waals surface area contributed by atoms with Crippen molar-refractivity contribution in [1.82, 2.24) is 4.57 Å². The van der Waals surface area contributed by atoms with Crippen molar-refractivity contribution >= 4 is 6.29 Å². The number of carbonyl (C=O) groups excluding carboxylic acids is 1. The molecule has 0 aliphatic carbocycles. The number of methoxy groups -OCH3 is 1. The monoisotopic (exact) mass is 257 g/mol. The van der Waals surface area contributed by atoms with Gasteiger partial charge in [-0.3, -0.25) is 4.79 Å². The summed E-state index contributed by atoms with van der Waals surface area (Å²) < 4.78 is 7.30. The molecule has 0 bridgehead atoms. The molecule has 0 saturated carbocycles. The van der Waals surface area contributed by atoms with E-state index < -0.39 is 0 Å². The molecule has 0 saturated heterocycles. The summed E-state index contributed by atoms with van der Waals surface area (Å²) in [5, 5.41) is 0. The fraction of sp³-hybridized carbons (Fsp3) is 0.312. The zero-order valence-corrected chi connectivity index (χ0v) is 11.4. The van der Waals surface area contributed by atoms with Gasteiger partial charge in [-0.25, -0.2) is 0 Å². The molecule has 19 heavy (non-hydrogen) atoms. The number of aryl methyl sites for hydroxylation is 3. The Morgan fingerprint density at radius 2 is 2.16 bits per heavy atom. The molecular weight excluding hydrogens is 238 g/mol. The minimum atomic E-state index is 0.726. The number of aldehydes is 1. The average molecular weight is 257 g/mol. The number of ether oxygens (including phenoxy) is 1. The first-order valence-corrected chi connectivity index (χ1v) is 6.54. The number of hydrogen-bond donors (Lipinski definition) is 0. The Balaban J connectivity index is 2.09. The summed E-state index contributed by atoms with van der Waals surface area (Å²) in [5.74, 6) is 0.945. The van der Waals surface area contributed by atoms with Crippen LogP contribution in [0.3, 0.4) is 0 Å². The molecule has 0 spiro atoms. The molecule has 2 aromatic rings. The highest BCUT2D eigenvalue weighted by molar-refractivity contribution is 5.72. The number of hydrogen-bond acceptors (Lipinski definition) is 2. The van der Waals surface area contributed by atoms with E-state index in [1.165, 1.54) is 11.1 Å². The lowest BCUT2D eigenvalue weighted by Gasteiger charge is -2.10. The normalized spacial score (nSPS) is 10.4. The molecule has 2 rings (SSSR count). The average Bonchev–Trinajstić information content (AvgIpc) is 2.92. The number of benzene rings is 1. The largest absolute Gasteiger partial charge is 0.496 e. The predicted octanol–water partition coefficient (Wildman–Crippen LogP) is 3.11. The fourth-order valence-electron chi connectivity index (χ4n) is 2.25. The Morgan fingerprint density at radius 1 is 1.32 bits per heavy atom. The van der Waals surface area contributed by atoms with Crippen LogP contribution < -0.4 is 4.74 Å². The van der Waals surface area contributed by atoms with Gasteiger partial charge in [0, 0.05) is 12.7 Å². The molecule has 1 heterocycles. The zero-order valence-electron chi connectivity index (χ0n) is 11.4. The molecule has 0 aliphatic heterocycles. The van der Waals surface area contributed by atoms with Gasteiger partial charge in [-0.2, -0.15) is 0 Å². The van der Waals surface area contributed by atoms with Crippen LogP contribution >= 0.6 is 0 Å². The maximum atomic E-state index is 10.8. The van der Waals surface area contributed by atoms with Gasteiger partial charge in [0.15, 0.2) is 6.29 Å². The van der Waals surface area contributed by atoms with E-state index in [1.54, 1.807) is 7.11 Å². The van der Waals surface area contributed by atoms with Crippen molar-refractivity contribution in [2.75, 3.05) is 7.11 Å². The summed E-state index contributed by atoms with van der Waals surface area (Å²) in [4.78, 5) is 10.8. The third kappa shape index (κ3) is 3.05. The lowest BCUT2D eigenvalue weighted by Crippen LogP contribution is -2.04. The maximum Gasteiger partial charge on any atom is 0.166 e. The first-order valence-electron chi connectivity index (χ1n) is 6.54. The van der Waals surface area contributed by atoms with E-state index in [0.29, 0.717) is 0 Å². The molecule has 0 amide bonds. The smallest absolute Gasteiger partial charge is 0.166 e. The van der Waals surface area contributed by atoms with Gasteiger partial charge in [-0.05, 0) is 42.2 Å². The number of aromatic nitrogens is 1. The van der Waals surface area contributed by atoms with E-state index >= 15 is 0 Å². The van der Waals surface area contributed by atoms with Crippen LogP contribution in [0.25, 0.3) is 0 Å². The Kier molecular flexibility index (Phi) is 4.39. The van der Waals surface area contributed by atoms with Crippen molar-refractivity contribution in [3.05, 3.63) is 53.3 Å². The van der Waals surface area contributed by atoms with E-state index in [4.69, 9.17) is 4.74 Å². The number of nitrogens with zero attached hydrogens (tertiary/aromatic N) is 1. The molecule has 1 aromatic carbocycles. The van der Waals surface area contributed by atoms with Crippen molar-refractivity contribution in [2.24, 2.45) is 0 Å². The van der Waals surface area contributed by atoms with Crippen LogP contribution in [0.1, 0.15) is 28.5 Å². The summed E-state index contributed by atoms with van der Waals surface area (Å²) in [6.45, 7) is 2.94. The van der Waals surface area contributed by atoms with Crippen LogP contribution in [0.5, 0.6) is 5.75 Å². The Bertz CT molecular complexity index is 558. The van der Waals surface area contributed by atoms with Crippen LogP contribution in [0.2, 0.25) is 0 Å². The molecule has 1 aromatic heterocycles. The number of rotatable bonds is 6. The highest BCUT2D eigenvalue weighted by Crippen LogP contribution is 2.20. The maximum absolute atomic E-state index is 10.8. The summed E-state index contributed by atoms with van der Waals surface area (Å²) in [6, 6.07) is 10.0. The predicted molar refractivity (Wildman–Crippen MR) is 75.9 cm³/mol. The van der Waals surface area contributed by atoms with E-state index in [1.807, 2.05) is 29.0 Å². The second-order valence-electron chi connectivity index (χ2n) is 4.49. The second kappa shape index (κ2) is 6.23. The molecule has 3 heteroatoms. The zero-order chi connectivity index (χ0) is 13.7. The van der Waals surface area contributed by atoms with E-state index in [0.717, 1.165) is 37.1 Å². The van der Waals surface area contributed by atoms with Gasteiger partial charge in [0.25, 0.3) is 0 Å². The lowest BCUT2D eigenvalue weighted by atomic mass is 10.1. The first kappa shape index (κ1) is 13.4. The van der Waals surface area contributed by atoms with Crippen molar-refractivity contribution in [2.45, 2.75) is 26.3 Å². The van der Waals surface area contributed by atoms with Crippen LogP contribution in [0.15, 0.2) is 36.5 Å². The molecule has 3 nitrogen and oxygen atoms in total. The lowest BCUT2D eigenvalue weighted by molar-refractivity contribution is 0.111. The molecule has 0 atom stereocenters. The van der Waals surface area contributed by atoms with Gasteiger partial charge >= 0.3 is 0 Å². The van der Waals surface area contributed by atoms with Gasteiger partial charge in [0.2, 0.25) is 0 Å². The molecule has 0 aliphatic rings. The summed E-state index contributed by atoms with van der Waals surface area (Å²) in [5.41, 5.74) is 3.22.